The zero-order chi connectivity index (χ0) is 10.2. The summed E-state index contributed by atoms with van der Waals surface area (Å²) in [6.07, 6.45) is 4.15. The SMILES string of the molecule is C=CCSCCNc1ncc(F)cn1. The Kier molecular flexibility index (Phi) is 4.99. The zero-order valence-corrected chi connectivity index (χ0v) is 8.56. The Hall–Kier alpha value is -1.10. The van der Waals surface area contributed by atoms with E-state index in [-0.39, 0.29) is 0 Å². The number of rotatable bonds is 6. The molecule has 0 atom stereocenters. The van der Waals surface area contributed by atoms with Crippen molar-refractivity contribution in [2.45, 2.75) is 0 Å². The molecule has 3 nitrogen and oxygen atoms in total. The van der Waals surface area contributed by atoms with Crippen molar-refractivity contribution in [2.75, 3.05) is 23.4 Å². The highest BCUT2D eigenvalue weighted by Gasteiger charge is 1.94. The molecule has 1 aromatic heterocycles. The van der Waals surface area contributed by atoms with Crippen LogP contribution >= 0.6 is 11.8 Å². The Labute approximate surface area is 86.8 Å². The third-order valence-corrected chi connectivity index (χ3v) is 2.35. The molecule has 0 saturated heterocycles. The summed E-state index contributed by atoms with van der Waals surface area (Å²) in [5, 5.41) is 2.99. The van der Waals surface area contributed by atoms with Crippen LogP contribution in [0.15, 0.2) is 25.0 Å². The quantitative estimate of drug-likeness (QED) is 0.579. The molecule has 0 bridgehead atoms. The first-order valence-electron chi connectivity index (χ1n) is 4.23. The molecular weight excluding hydrogens is 201 g/mol. The summed E-state index contributed by atoms with van der Waals surface area (Å²) >= 11 is 1.77. The number of aromatic nitrogens is 2. The topological polar surface area (TPSA) is 37.8 Å². The second kappa shape index (κ2) is 6.37. The van der Waals surface area contributed by atoms with Crippen molar-refractivity contribution in [2.24, 2.45) is 0 Å². The van der Waals surface area contributed by atoms with E-state index in [0.29, 0.717) is 5.95 Å². The molecule has 0 saturated carbocycles. The lowest BCUT2D eigenvalue weighted by Crippen LogP contribution is -2.07. The van der Waals surface area contributed by atoms with E-state index in [1.54, 1.807) is 11.8 Å². The molecule has 0 fully saturated rings. The van der Waals surface area contributed by atoms with E-state index >= 15 is 0 Å². The number of nitrogens with one attached hydrogen (secondary N) is 1. The summed E-state index contributed by atoms with van der Waals surface area (Å²) < 4.78 is 12.4. The molecule has 1 rings (SSSR count). The van der Waals surface area contributed by atoms with Gasteiger partial charge < -0.3 is 5.32 Å². The van der Waals surface area contributed by atoms with Crippen molar-refractivity contribution in [3.8, 4) is 0 Å². The summed E-state index contributed by atoms with van der Waals surface area (Å²) in [6.45, 7) is 4.39. The van der Waals surface area contributed by atoms with E-state index in [9.17, 15) is 4.39 Å². The lowest BCUT2D eigenvalue weighted by Gasteiger charge is -2.02. The van der Waals surface area contributed by atoms with Gasteiger partial charge in [0.25, 0.3) is 0 Å². The van der Waals surface area contributed by atoms with Crippen LogP contribution in [0.25, 0.3) is 0 Å². The second-order valence-corrected chi connectivity index (χ2v) is 3.67. The highest BCUT2D eigenvalue weighted by molar-refractivity contribution is 7.99. The van der Waals surface area contributed by atoms with Gasteiger partial charge in [0.1, 0.15) is 0 Å². The van der Waals surface area contributed by atoms with Gasteiger partial charge in [-0.25, -0.2) is 14.4 Å². The van der Waals surface area contributed by atoms with Gasteiger partial charge in [-0.2, -0.15) is 11.8 Å². The van der Waals surface area contributed by atoms with E-state index < -0.39 is 5.82 Å². The number of thioether (sulfide) groups is 1. The van der Waals surface area contributed by atoms with Crippen LogP contribution in [0.3, 0.4) is 0 Å². The molecule has 14 heavy (non-hydrogen) atoms. The van der Waals surface area contributed by atoms with Gasteiger partial charge in [0.15, 0.2) is 5.82 Å². The lowest BCUT2D eigenvalue weighted by atomic mass is 10.6. The highest BCUT2D eigenvalue weighted by Crippen LogP contribution is 2.01. The number of halogens is 1. The number of nitrogens with zero attached hydrogens (tertiary/aromatic N) is 2. The maximum absolute atomic E-state index is 12.4. The minimum atomic E-state index is -0.420. The summed E-state index contributed by atoms with van der Waals surface area (Å²) in [5.41, 5.74) is 0. The smallest absolute Gasteiger partial charge is 0.222 e. The molecule has 0 aliphatic rings. The van der Waals surface area contributed by atoms with E-state index in [0.717, 1.165) is 30.4 Å². The maximum Gasteiger partial charge on any atom is 0.222 e. The largest absolute Gasteiger partial charge is 0.353 e. The number of hydrogen-bond donors (Lipinski definition) is 1. The minimum absolute atomic E-state index is 0.420. The Morgan fingerprint density at radius 3 is 2.86 bits per heavy atom. The highest BCUT2D eigenvalue weighted by atomic mass is 32.2. The Bertz CT molecular complexity index is 276. The van der Waals surface area contributed by atoms with Gasteiger partial charge in [0.2, 0.25) is 5.95 Å². The standard InChI is InChI=1S/C9H12FN3S/c1-2-4-14-5-3-11-9-12-6-8(10)7-13-9/h2,6-7H,1,3-5H2,(H,11,12,13). The van der Waals surface area contributed by atoms with Crippen LogP contribution in [0.5, 0.6) is 0 Å². The minimum Gasteiger partial charge on any atom is -0.353 e. The van der Waals surface area contributed by atoms with E-state index in [2.05, 4.69) is 21.9 Å². The first kappa shape index (κ1) is 11.0. The fourth-order valence-corrected chi connectivity index (χ4v) is 1.38. The second-order valence-electron chi connectivity index (χ2n) is 2.52. The third-order valence-electron chi connectivity index (χ3n) is 1.39. The van der Waals surface area contributed by atoms with Gasteiger partial charge in [-0.3, -0.25) is 0 Å². The molecule has 0 radical (unpaired) electrons. The van der Waals surface area contributed by atoms with Gasteiger partial charge in [-0.1, -0.05) is 6.08 Å². The summed E-state index contributed by atoms with van der Waals surface area (Å²) in [4.78, 5) is 7.54. The fraction of sp³-hybridized carbons (Fsp3) is 0.333. The molecule has 0 aliphatic heterocycles. The summed E-state index contributed by atoms with van der Waals surface area (Å²) in [7, 11) is 0. The molecule has 0 aromatic carbocycles. The van der Waals surface area contributed by atoms with Crippen molar-refractivity contribution in [1.82, 2.24) is 9.97 Å². The van der Waals surface area contributed by atoms with Crippen molar-refractivity contribution >= 4 is 17.7 Å². The maximum atomic E-state index is 12.4. The van der Waals surface area contributed by atoms with Crippen molar-refractivity contribution in [1.29, 1.82) is 0 Å². The number of hydrogen-bond acceptors (Lipinski definition) is 4. The molecule has 0 amide bonds. The molecule has 1 aromatic rings. The number of anilines is 1. The Morgan fingerprint density at radius 1 is 1.50 bits per heavy atom. The summed E-state index contributed by atoms with van der Waals surface area (Å²) in [5.74, 6) is 1.93. The average molecular weight is 213 g/mol. The average Bonchev–Trinajstić information content (AvgIpc) is 2.21. The van der Waals surface area contributed by atoms with E-state index in [4.69, 9.17) is 0 Å². The van der Waals surface area contributed by atoms with Crippen LogP contribution in [0.4, 0.5) is 10.3 Å². The van der Waals surface area contributed by atoms with Crippen molar-refractivity contribution < 1.29 is 4.39 Å². The first-order valence-corrected chi connectivity index (χ1v) is 5.38. The van der Waals surface area contributed by atoms with Crippen LogP contribution in [0.2, 0.25) is 0 Å². The molecule has 0 spiro atoms. The van der Waals surface area contributed by atoms with Crippen molar-refractivity contribution in [3.63, 3.8) is 0 Å². The van der Waals surface area contributed by atoms with Crippen LogP contribution in [-0.2, 0) is 0 Å². The molecule has 76 valence electrons. The molecule has 1 heterocycles. The third kappa shape index (κ3) is 4.23. The van der Waals surface area contributed by atoms with Crippen LogP contribution < -0.4 is 5.32 Å². The first-order chi connectivity index (χ1) is 6.83. The molecular formula is C9H12FN3S. The van der Waals surface area contributed by atoms with Gasteiger partial charge in [0, 0.05) is 18.1 Å². The Balaban J connectivity index is 2.18. The fourth-order valence-electron chi connectivity index (χ4n) is 0.805. The molecule has 5 heteroatoms. The summed E-state index contributed by atoms with van der Waals surface area (Å²) in [6, 6.07) is 0. The van der Waals surface area contributed by atoms with Gasteiger partial charge >= 0.3 is 0 Å². The molecule has 0 aliphatic carbocycles. The Morgan fingerprint density at radius 2 is 2.21 bits per heavy atom. The van der Waals surface area contributed by atoms with Gasteiger partial charge in [-0.05, 0) is 0 Å². The van der Waals surface area contributed by atoms with Crippen LogP contribution in [0.1, 0.15) is 0 Å². The van der Waals surface area contributed by atoms with Crippen LogP contribution in [0, 0.1) is 5.82 Å². The monoisotopic (exact) mass is 213 g/mol. The van der Waals surface area contributed by atoms with Gasteiger partial charge in [0.05, 0.1) is 12.4 Å². The van der Waals surface area contributed by atoms with Gasteiger partial charge in [-0.15, -0.1) is 6.58 Å². The predicted octanol–water partition coefficient (Wildman–Crippen LogP) is 1.95. The zero-order valence-electron chi connectivity index (χ0n) is 7.74. The molecule has 1 N–H and O–H groups in total. The normalized spacial score (nSPS) is 9.79. The predicted molar refractivity (Wildman–Crippen MR) is 58.0 cm³/mol. The van der Waals surface area contributed by atoms with E-state index in [1.165, 1.54) is 0 Å². The molecule has 0 unspecified atom stereocenters. The lowest BCUT2D eigenvalue weighted by molar-refractivity contribution is 0.614. The van der Waals surface area contributed by atoms with E-state index in [1.807, 2.05) is 6.08 Å². The van der Waals surface area contributed by atoms with Crippen LogP contribution in [-0.4, -0.2) is 28.0 Å². The van der Waals surface area contributed by atoms with Crippen molar-refractivity contribution in [3.05, 3.63) is 30.9 Å².